The molecular weight excluding hydrogens is 321 g/mol. The number of halogens is 1. The Morgan fingerprint density at radius 1 is 1.40 bits per heavy atom. The molecule has 1 aromatic rings. The Morgan fingerprint density at radius 2 is 2.16 bits per heavy atom. The predicted molar refractivity (Wildman–Crippen MR) is 94.6 cm³/mol. The summed E-state index contributed by atoms with van der Waals surface area (Å²) in [6.07, 6.45) is 1.26. The predicted octanol–water partition coefficient (Wildman–Crippen LogP) is 2.50. The van der Waals surface area contributed by atoms with Gasteiger partial charge in [-0.05, 0) is 38.2 Å². The number of carbonyl (C=O) groups excluding carboxylic acids is 1. The van der Waals surface area contributed by atoms with Crippen molar-refractivity contribution in [2.75, 3.05) is 20.7 Å². The number of urea groups is 1. The highest BCUT2D eigenvalue weighted by Crippen LogP contribution is 2.52. The van der Waals surface area contributed by atoms with E-state index in [4.69, 9.17) is 4.74 Å². The van der Waals surface area contributed by atoms with E-state index in [0.717, 1.165) is 18.6 Å². The largest absolute Gasteiger partial charge is 0.377 e. The average Bonchev–Trinajstić information content (AvgIpc) is 3.00. The van der Waals surface area contributed by atoms with Crippen molar-refractivity contribution in [3.8, 4) is 0 Å². The fraction of sp³-hybridized carbons (Fsp3) is 0.632. The summed E-state index contributed by atoms with van der Waals surface area (Å²) < 4.78 is 19.6. The standard InChI is InChI=1S/C19H28FN3O2/c1-19(2)16(14-7-8-25-17(14)19)22-18(24)21-10-12-5-6-15(20)13(9-12)11-23(3)4/h5-6,9,14,16-17H,7-8,10-11H2,1-4H3,(H2,21,22,24). The molecule has 3 unspecified atom stereocenters. The van der Waals surface area contributed by atoms with Crippen LogP contribution in [0.2, 0.25) is 0 Å². The fourth-order valence-corrected chi connectivity index (χ4v) is 4.19. The number of rotatable bonds is 5. The quantitative estimate of drug-likeness (QED) is 0.859. The number of hydrogen-bond acceptors (Lipinski definition) is 3. The summed E-state index contributed by atoms with van der Waals surface area (Å²) in [5.41, 5.74) is 1.49. The van der Waals surface area contributed by atoms with Crippen LogP contribution >= 0.6 is 0 Å². The second-order valence-electron chi connectivity index (χ2n) is 8.03. The highest BCUT2D eigenvalue weighted by molar-refractivity contribution is 5.74. The lowest BCUT2D eigenvalue weighted by molar-refractivity contribution is -0.108. The van der Waals surface area contributed by atoms with Crippen LogP contribution in [0.4, 0.5) is 9.18 Å². The molecule has 2 aliphatic rings. The summed E-state index contributed by atoms with van der Waals surface area (Å²) >= 11 is 0. The van der Waals surface area contributed by atoms with Gasteiger partial charge in [-0.15, -0.1) is 0 Å². The number of ether oxygens (including phenoxy) is 1. The van der Waals surface area contributed by atoms with Gasteiger partial charge in [0.15, 0.2) is 0 Å². The molecule has 2 amide bonds. The number of nitrogens with one attached hydrogen (secondary N) is 2. The molecule has 2 fully saturated rings. The molecule has 0 aromatic heterocycles. The molecular formula is C19H28FN3O2. The van der Waals surface area contributed by atoms with Crippen LogP contribution in [0.15, 0.2) is 18.2 Å². The van der Waals surface area contributed by atoms with Gasteiger partial charge in [0.1, 0.15) is 5.82 Å². The number of fused-ring (bicyclic) bond motifs is 1. The van der Waals surface area contributed by atoms with Crippen molar-refractivity contribution in [3.63, 3.8) is 0 Å². The van der Waals surface area contributed by atoms with E-state index in [1.807, 2.05) is 25.1 Å². The van der Waals surface area contributed by atoms with Crippen molar-refractivity contribution in [1.82, 2.24) is 15.5 Å². The third-order valence-corrected chi connectivity index (χ3v) is 5.44. The first-order valence-electron chi connectivity index (χ1n) is 8.87. The minimum atomic E-state index is -0.217. The molecule has 1 saturated carbocycles. The van der Waals surface area contributed by atoms with Gasteiger partial charge < -0.3 is 20.3 Å². The second-order valence-corrected chi connectivity index (χ2v) is 8.03. The van der Waals surface area contributed by atoms with Crippen LogP contribution < -0.4 is 10.6 Å². The van der Waals surface area contributed by atoms with Gasteiger partial charge in [-0.2, -0.15) is 0 Å². The van der Waals surface area contributed by atoms with E-state index in [1.54, 1.807) is 6.07 Å². The van der Waals surface area contributed by atoms with E-state index in [2.05, 4.69) is 24.5 Å². The molecule has 138 valence electrons. The summed E-state index contributed by atoms with van der Waals surface area (Å²) in [5.74, 6) is 0.198. The van der Waals surface area contributed by atoms with Crippen molar-refractivity contribution in [3.05, 3.63) is 35.1 Å². The monoisotopic (exact) mass is 349 g/mol. The van der Waals surface area contributed by atoms with Crippen molar-refractivity contribution in [1.29, 1.82) is 0 Å². The smallest absolute Gasteiger partial charge is 0.315 e. The third-order valence-electron chi connectivity index (χ3n) is 5.44. The van der Waals surface area contributed by atoms with Crippen LogP contribution in [-0.2, 0) is 17.8 Å². The second kappa shape index (κ2) is 6.92. The Bertz CT molecular complexity index is 648. The Balaban J connectivity index is 1.54. The molecule has 1 aromatic carbocycles. The number of hydrogen-bond donors (Lipinski definition) is 2. The van der Waals surface area contributed by atoms with Crippen LogP contribution in [-0.4, -0.2) is 43.8 Å². The topological polar surface area (TPSA) is 53.6 Å². The first-order valence-corrected chi connectivity index (χ1v) is 8.87. The highest BCUT2D eigenvalue weighted by atomic mass is 19.1. The van der Waals surface area contributed by atoms with Crippen molar-refractivity contribution in [2.24, 2.45) is 11.3 Å². The lowest BCUT2D eigenvalue weighted by Crippen LogP contribution is -2.67. The SMILES string of the molecule is CN(C)Cc1cc(CNC(=O)NC2C3CCOC3C2(C)C)ccc1F. The van der Waals surface area contributed by atoms with E-state index in [1.165, 1.54) is 6.07 Å². The van der Waals surface area contributed by atoms with Gasteiger partial charge in [-0.1, -0.05) is 19.9 Å². The van der Waals surface area contributed by atoms with Crippen LogP contribution in [0.3, 0.4) is 0 Å². The van der Waals surface area contributed by atoms with Crippen molar-refractivity contribution < 1.29 is 13.9 Å². The lowest BCUT2D eigenvalue weighted by Gasteiger charge is -2.54. The van der Waals surface area contributed by atoms with Gasteiger partial charge in [-0.3, -0.25) is 0 Å². The Kier molecular flexibility index (Phi) is 5.02. The minimum absolute atomic E-state index is 0.0345. The number of amides is 2. The summed E-state index contributed by atoms with van der Waals surface area (Å²) in [7, 11) is 3.80. The zero-order valence-electron chi connectivity index (χ0n) is 15.4. The molecule has 3 rings (SSSR count). The van der Waals surface area contributed by atoms with E-state index < -0.39 is 0 Å². The average molecular weight is 349 g/mol. The molecule has 5 nitrogen and oxygen atoms in total. The number of nitrogens with zero attached hydrogens (tertiary/aromatic N) is 1. The van der Waals surface area contributed by atoms with Crippen LogP contribution in [0.5, 0.6) is 0 Å². The summed E-state index contributed by atoms with van der Waals surface area (Å²) in [4.78, 5) is 14.2. The van der Waals surface area contributed by atoms with Crippen LogP contribution in [0.1, 0.15) is 31.4 Å². The maximum Gasteiger partial charge on any atom is 0.315 e. The van der Waals surface area contributed by atoms with E-state index in [-0.39, 0.29) is 29.4 Å². The third kappa shape index (κ3) is 3.65. The molecule has 1 aliphatic carbocycles. The van der Waals surface area contributed by atoms with Gasteiger partial charge in [0.25, 0.3) is 0 Å². The molecule has 0 radical (unpaired) electrons. The first-order chi connectivity index (χ1) is 11.8. The van der Waals surface area contributed by atoms with Gasteiger partial charge in [-0.25, -0.2) is 9.18 Å². The molecule has 2 N–H and O–H groups in total. The number of benzene rings is 1. The Morgan fingerprint density at radius 3 is 2.88 bits per heavy atom. The molecule has 1 saturated heterocycles. The molecule has 25 heavy (non-hydrogen) atoms. The molecule has 6 heteroatoms. The van der Waals surface area contributed by atoms with Crippen LogP contribution in [0, 0.1) is 17.2 Å². The fourth-order valence-electron chi connectivity index (χ4n) is 4.19. The normalized spacial score (nSPS) is 26.9. The zero-order chi connectivity index (χ0) is 18.2. The van der Waals surface area contributed by atoms with E-state index in [9.17, 15) is 9.18 Å². The molecule has 1 heterocycles. The van der Waals surface area contributed by atoms with Gasteiger partial charge >= 0.3 is 6.03 Å². The molecule has 1 aliphatic heterocycles. The van der Waals surface area contributed by atoms with E-state index in [0.29, 0.717) is 24.6 Å². The molecule has 3 atom stereocenters. The maximum atomic E-state index is 13.8. The van der Waals surface area contributed by atoms with Gasteiger partial charge in [0, 0.05) is 42.6 Å². The van der Waals surface area contributed by atoms with Gasteiger partial charge in [0.2, 0.25) is 0 Å². The maximum absolute atomic E-state index is 13.8. The molecule has 0 spiro atoms. The van der Waals surface area contributed by atoms with Crippen molar-refractivity contribution in [2.45, 2.75) is 45.5 Å². The number of carbonyl (C=O) groups is 1. The lowest BCUT2D eigenvalue weighted by atomic mass is 9.57. The van der Waals surface area contributed by atoms with Gasteiger partial charge in [0.05, 0.1) is 6.10 Å². The van der Waals surface area contributed by atoms with E-state index >= 15 is 0 Å². The molecule has 0 bridgehead atoms. The zero-order valence-corrected chi connectivity index (χ0v) is 15.4. The minimum Gasteiger partial charge on any atom is -0.377 e. The Hall–Kier alpha value is -1.66. The Labute approximate surface area is 148 Å². The summed E-state index contributed by atoms with van der Waals surface area (Å²) in [5, 5.41) is 5.98. The van der Waals surface area contributed by atoms with Crippen molar-refractivity contribution >= 4 is 6.03 Å². The summed E-state index contributed by atoms with van der Waals surface area (Å²) in [6, 6.07) is 4.94. The highest BCUT2D eigenvalue weighted by Gasteiger charge is 2.59. The first kappa shape index (κ1) is 18.1. The summed E-state index contributed by atoms with van der Waals surface area (Å²) in [6.45, 7) is 5.97. The van der Waals surface area contributed by atoms with Crippen LogP contribution in [0.25, 0.3) is 0 Å².